The van der Waals surface area contributed by atoms with Gasteiger partial charge < -0.3 is 19.5 Å². The minimum atomic E-state index is -0.281. The third kappa shape index (κ3) is 4.05. The van der Waals surface area contributed by atoms with E-state index in [1.165, 1.54) is 44.5 Å². The molecule has 2 aromatic carbocycles. The predicted molar refractivity (Wildman–Crippen MR) is 162 cm³/mol. The minimum absolute atomic E-state index is 0.105. The lowest BCUT2D eigenvalue weighted by molar-refractivity contribution is 0.0602. The van der Waals surface area contributed by atoms with Crippen LogP contribution in [-0.4, -0.2) is 81.1 Å². The van der Waals surface area contributed by atoms with Gasteiger partial charge in [-0.3, -0.25) is 14.8 Å². The number of carbonyl (C=O) groups is 1. The maximum atomic E-state index is 14.3. The van der Waals surface area contributed by atoms with E-state index in [-0.39, 0.29) is 11.2 Å². The summed E-state index contributed by atoms with van der Waals surface area (Å²) in [6.07, 6.45) is 8.69. The molecule has 3 aromatic rings. The maximum Gasteiger partial charge on any atom is 0.195 e. The number of H-pyrrole nitrogens is 1. The molecule has 208 valence electrons. The fourth-order valence-corrected chi connectivity index (χ4v) is 7.86. The Morgan fingerprint density at radius 2 is 1.88 bits per heavy atom. The molecule has 1 aliphatic carbocycles. The molecule has 0 bridgehead atoms. The first-order chi connectivity index (χ1) is 19.6. The molecule has 4 aliphatic rings. The number of ketones is 1. The second-order valence-corrected chi connectivity index (χ2v) is 12.0. The molecule has 7 heteroatoms. The van der Waals surface area contributed by atoms with Crippen LogP contribution in [0.3, 0.4) is 0 Å². The van der Waals surface area contributed by atoms with Gasteiger partial charge in [0.2, 0.25) is 0 Å². The third-order valence-electron chi connectivity index (χ3n) is 9.87. The number of aromatic nitrogens is 1. The first-order valence-electron chi connectivity index (χ1n) is 14.9. The van der Waals surface area contributed by atoms with Crippen molar-refractivity contribution in [2.24, 2.45) is 9.98 Å². The lowest BCUT2D eigenvalue weighted by Gasteiger charge is -2.43. The number of aromatic amines is 1. The number of likely N-dealkylation sites (tertiary alicyclic amines) is 1. The van der Waals surface area contributed by atoms with Crippen molar-refractivity contribution in [3.63, 3.8) is 0 Å². The van der Waals surface area contributed by atoms with Crippen LogP contribution in [-0.2, 0) is 16.7 Å². The number of aliphatic imine (C=N–C) groups is 2. The van der Waals surface area contributed by atoms with Crippen molar-refractivity contribution >= 4 is 35.3 Å². The van der Waals surface area contributed by atoms with E-state index in [1.807, 2.05) is 13.3 Å². The Balaban J connectivity index is 1.34. The zero-order valence-electron chi connectivity index (χ0n) is 23.5. The highest BCUT2D eigenvalue weighted by Crippen LogP contribution is 2.51. The van der Waals surface area contributed by atoms with Gasteiger partial charge in [0.1, 0.15) is 0 Å². The summed E-state index contributed by atoms with van der Waals surface area (Å²) in [5.74, 6) is 0.105. The molecule has 3 fully saturated rings. The van der Waals surface area contributed by atoms with Gasteiger partial charge in [-0.1, -0.05) is 12.1 Å². The van der Waals surface area contributed by atoms with E-state index in [2.05, 4.69) is 61.8 Å². The molecule has 40 heavy (non-hydrogen) atoms. The van der Waals surface area contributed by atoms with E-state index in [4.69, 9.17) is 4.74 Å². The predicted octanol–water partition coefficient (Wildman–Crippen LogP) is 5.12. The van der Waals surface area contributed by atoms with Crippen molar-refractivity contribution in [3.05, 3.63) is 63.8 Å². The molecule has 1 aromatic heterocycles. The molecule has 1 spiro atoms. The minimum Gasteiger partial charge on any atom is -0.381 e. The van der Waals surface area contributed by atoms with E-state index in [0.29, 0.717) is 25.8 Å². The summed E-state index contributed by atoms with van der Waals surface area (Å²) in [5.41, 5.74) is 7.91. The Morgan fingerprint density at radius 3 is 2.60 bits per heavy atom. The van der Waals surface area contributed by atoms with Crippen LogP contribution in [0.5, 0.6) is 0 Å². The zero-order valence-corrected chi connectivity index (χ0v) is 23.5. The Bertz CT molecular complexity index is 1480. The van der Waals surface area contributed by atoms with Crippen LogP contribution in [0.2, 0.25) is 0 Å². The largest absolute Gasteiger partial charge is 0.381 e. The Kier molecular flexibility index (Phi) is 6.59. The van der Waals surface area contributed by atoms with E-state index >= 15 is 0 Å². The standard InChI is InChI=1S/C33H39N5O2/c1-34-20-22-5-6-25-28(17-22)36-32-30(25)31(39)26-18-23(21-35-2)29(19-27(26)33(32)9-15-40-16-10-33)38-13-7-24(8-14-38)37-11-3-4-12-37/h5-6,17-19,21,24,36H,1,3-4,7-16,20H2,2H3. The number of ether oxygens (including phenoxy) is 1. The van der Waals surface area contributed by atoms with Gasteiger partial charge in [-0.05, 0) is 87.7 Å². The van der Waals surface area contributed by atoms with Gasteiger partial charge in [-0.25, -0.2) is 0 Å². The topological polar surface area (TPSA) is 73.3 Å². The summed E-state index contributed by atoms with van der Waals surface area (Å²) in [6, 6.07) is 11.4. The smallest absolute Gasteiger partial charge is 0.195 e. The van der Waals surface area contributed by atoms with Crippen LogP contribution in [0.25, 0.3) is 10.9 Å². The summed E-state index contributed by atoms with van der Waals surface area (Å²) in [6.45, 7) is 10.2. The fraction of sp³-hybridized carbons (Fsp3) is 0.485. The number of benzene rings is 2. The number of anilines is 1. The molecule has 1 N–H and O–H groups in total. The molecule has 3 saturated heterocycles. The quantitative estimate of drug-likeness (QED) is 0.459. The van der Waals surface area contributed by atoms with E-state index in [1.54, 1.807) is 0 Å². The maximum absolute atomic E-state index is 14.3. The van der Waals surface area contributed by atoms with Crippen molar-refractivity contribution in [1.29, 1.82) is 0 Å². The molecule has 0 saturated carbocycles. The SMILES string of the molecule is C=NCc1ccc2c3c([nH]c2c1)C1(CCOCC1)c1cc(N2CCC(N4CCCC4)CC2)c(C=NC)cc1C3=O. The monoisotopic (exact) mass is 537 g/mol. The van der Waals surface area contributed by atoms with Gasteiger partial charge in [-0.15, -0.1) is 0 Å². The van der Waals surface area contributed by atoms with Crippen molar-refractivity contribution in [1.82, 2.24) is 9.88 Å². The summed E-state index contributed by atoms with van der Waals surface area (Å²) in [5, 5.41) is 0.989. The molecule has 0 radical (unpaired) electrons. The third-order valence-corrected chi connectivity index (χ3v) is 9.87. The Hall–Kier alpha value is -3.29. The lowest BCUT2D eigenvalue weighted by Crippen LogP contribution is -2.44. The molecule has 7 rings (SSSR count). The fourth-order valence-electron chi connectivity index (χ4n) is 7.86. The number of piperidine rings is 1. The average molecular weight is 538 g/mol. The van der Waals surface area contributed by atoms with Crippen LogP contribution < -0.4 is 4.90 Å². The number of nitrogens with one attached hydrogen (secondary N) is 1. The average Bonchev–Trinajstić information content (AvgIpc) is 3.66. The second-order valence-electron chi connectivity index (χ2n) is 12.0. The highest BCUT2D eigenvalue weighted by atomic mass is 16.5. The highest BCUT2D eigenvalue weighted by Gasteiger charge is 2.47. The summed E-state index contributed by atoms with van der Waals surface area (Å²) >= 11 is 0. The summed E-state index contributed by atoms with van der Waals surface area (Å²) in [4.78, 5) is 31.8. The van der Waals surface area contributed by atoms with Crippen molar-refractivity contribution < 1.29 is 9.53 Å². The normalized spacial score (nSPS) is 21.4. The second kappa shape index (κ2) is 10.3. The van der Waals surface area contributed by atoms with Gasteiger partial charge >= 0.3 is 0 Å². The van der Waals surface area contributed by atoms with Crippen LogP contribution in [0.15, 0.2) is 40.3 Å². The molecule has 3 aliphatic heterocycles. The first kappa shape index (κ1) is 25.7. The van der Waals surface area contributed by atoms with Crippen LogP contribution >= 0.6 is 0 Å². The molecular weight excluding hydrogens is 498 g/mol. The van der Waals surface area contributed by atoms with Crippen molar-refractivity contribution in [2.45, 2.75) is 56.5 Å². The number of hydrogen-bond acceptors (Lipinski definition) is 6. The summed E-state index contributed by atoms with van der Waals surface area (Å²) < 4.78 is 5.89. The number of rotatable bonds is 5. The number of carbonyl (C=O) groups excluding carboxylic acids is 1. The first-order valence-corrected chi connectivity index (χ1v) is 14.9. The zero-order chi connectivity index (χ0) is 27.3. The van der Waals surface area contributed by atoms with Crippen molar-refractivity contribution in [3.8, 4) is 0 Å². The summed E-state index contributed by atoms with van der Waals surface area (Å²) in [7, 11) is 1.82. The van der Waals surface area contributed by atoms with Gasteiger partial charge in [0.15, 0.2) is 5.78 Å². The molecule has 7 nitrogen and oxygen atoms in total. The number of fused-ring (bicyclic) bond motifs is 6. The highest BCUT2D eigenvalue weighted by molar-refractivity contribution is 6.20. The lowest BCUT2D eigenvalue weighted by atomic mass is 9.64. The molecular formula is C33H39N5O2. The molecule has 4 heterocycles. The van der Waals surface area contributed by atoms with Crippen LogP contribution in [0.1, 0.15) is 76.8 Å². The molecule has 0 amide bonds. The van der Waals surface area contributed by atoms with Gasteiger partial charge in [-0.2, -0.15) is 0 Å². The van der Waals surface area contributed by atoms with Crippen LogP contribution in [0.4, 0.5) is 5.69 Å². The number of hydrogen-bond donors (Lipinski definition) is 1. The van der Waals surface area contributed by atoms with Crippen LogP contribution in [0, 0.1) is 0 Å². The van der Waals surface area contributed by atoms with E-state index in [9.17, 15) is 4.79 Å². The van der Waals surface area contributed by atoms with E-state index < -0.39 is 0 Å². The van der Waals surface area contributed by atoms with Gasteiger partial charge in [0.05, 0.1) is 12.1 Å². The van der Waals surface area contributed by atoms with Gasteiger partial charge in [0, 0.05) is 84.4 Å². The van der Waals surface area contributed by atoms with Crippen molar-refractivity contribution in [2.75, 3.05) is 51.3 Å². The van der Waals surface area contributed by atoms with Gasteiger partial charge in [0.25, 0.3) is 0 Å². The van der Waals surface area contributed by atoms with E-state index in [0.717, 1.165) is 70.3 Å². The number of nitrogens with zero attached hydrogens (tertiary/aromatic N) is 4. The molecule has 0 unspecified atom stereocenters. The Morgan fingerprint density at radius 1 is 1.10 bits per heavy atom. The Labute approximate surface area is 236 Å². The molecule has 0 atom stereocenters.